The van der Waals surface area contributed by atoms with Crippen LogP contribution in [0.1, 0.15) is 5.56 Å². The number of nitrogens with one attached hydrogen (secondary N) is 1. The molecule has 0 saturated heterocycles. The first-order valence-electron chi connectivity index (χ1n) is 3.96. The van der Waals surface area contributed by atoms with Crippen molar-refractivity contribution in [2.75, 3.05) is 18.5 Å². The molecule has 0 aliphatic carbocycles. The van der Waals surface area contributed by atoms with Crippen molar-refractivity contribution >= 4 is 17.6 Å². The third kappa shape index (κ3) is 3.15. The zero-order chi connectivity index (χ0) is 8.81. The van der Waals surface area contributed by atoms with Crippen molar-refractivity contribution in [3.63, 3.8) is 0 Å². The van der Waals surface area contributed by atoms with Crippen molar-refractivity contribution in [2.24, 2.45) is 0 Å². The van der Waals surface area contributed by atoms with E-state index in [2.05, 4.69) is 16.9 Å². The van der Waals surface area contributed by atoms with Crippen LogP contribution in [0.5, 0.6) is 0 Å². The normalized spacial score (nSPS) is 10.1. The van der Waals surface area contributed by atoms with Gasteiger partial charge in [-0.1, -0.05) is 24.1 Å². The van der Waals surface area contributed by atoms with Crippen molar-refractivity contribution in [3.8, 4) is 0 Å². The van der Waals surface area contributed by atoms with E-state index >= 15 is 0 Å². The Morgan fingerprint density at radius 3 is 2.58 bits per heavy atom. The Hall–Kier alpha value is -0.670. The van der Waals surface area contributed by atoms with Crippen molar-refractivity contribution in [1.29, 1.82) is 0 Å². The maximum absolute atomic E-state index is 5.56. The zero-order valence-corrected chi connectivity index (χ0v) is 8.03. The van der Waals surface area contributed by atoms with Crippen molar-refractivity contribution in [3.05, 3.63) is 29.8 Å². The summed E-state index contributed by atoms with van der Waals surface area (Å²) in [5.41, 5.74) is 7.74. The molecule has 1 aromatic carbocycles. The molecular formula is C9H14N2S. The molecule has 3 heteroatoms. The molecule has 12 heavy (non-hydrogen) atoms. The molecular weight excluding hydrogens is 168 g/mol. The number of nitrogens with two attached hydrogens (primary N) is 1. The average molecular weight is 182 g/mol. The van der Waals surface area contributed by atoms with Crippen LogP contribution in [0, 0.1) is 0 Å². The van der Waals surface area contributed by atoms with Gasteiger partial charge in [0.2, 0.25) is 0 Å². The highest BCUT2D eigenvalue weighted by molar-refractivity contribution is 7.97. The van der Waals surface area contributed by atoms with Crippen LogP contribution in [0.25, 0.3) is 0 Å². The molecule has 0 bridgehead atoms. The highest BCUT2D eigenvalue weighted by Crippen LogP contribution is 2.07. The molecule has 0 radical (unpaired) electrons. The monoisotopic (exact) mass is 182 g/mol. The van der Waals surface area contributed by atoms with Crippen LogP contribution in [0.15, 0.2) is 24.3 Å². The lowest BCUT2D eigenvalue weighted by molar-refractivity contribution is 1.14. The summed E-state index contributed by atoms with van der Waals surface area (Å²) < 4.78 is 3.04. The van der Waals surface area contributed by atoms with Crippen LogP contribution in [-0.2, 0) is 6.42 Å². The van der Waals surface area contributed by atoms with Gasteiger partial charge < -0.3 is 5.73 Å². The summed E-state index contributed by atoms with van der Waals surface area (Å²) in [6.45, 7) is 0. The molecule has 1 aromatic rings. The van der Waals surface area contributed by atoms with Gasteiger partial charge in [-0.15, -0.1) is 0 Å². The van der Waals surface area contributed by atoms with Crippen LogP contribution < -0.4 is 10.5 Å². The molecule has 0 atom stereocenters. The predicted molar refractivity (Wildman–Crippen MR) is 56.1 cm³/mol. The van der Waals surface area contributed by atoms with Gasteiger partial charge in [-0.2, -0.15) is 0 Å². The van der Waals surface area contributed by atoms with Crippen LogP contribution in [-0.4, -0.2) is 12.8 Å². The molecule has 0 aromatic heterocycles. The number of nitrogen functional groups attached to an aromatic ring is 1. The first-order chi connectivity index (χ1) is 5.83. The Kier molecular flexibility index (Phi) is 3.97. The van der Waals surface area contributed by atoms with E-state index in [1.165, 1.54) is 5.56 Å². The third-order valence-corrected chi connectivity index (χ3v) is 2.31. The van der Waals surface area contributed by atoms with Gasteiger partial charge >= 0.3 is 0 Å². The van der Waals surface area contributed by atoms with Gasteiger partial charge in [0.15, 0.2) is 0 Å². The Labute approximate surface area is 77.7 Å². The van der Waals surface area contributed by atoms with Gasteiger partial charge in [0.25, 0.3) is 0 Å². The average Bonchev–Trinajstić information content (AvgIpc) is 2.09. The minimum Gasteiger partial charge on any atom is -0.399 e. The lowest BCUT2D eigenvalue weighted by Gasteiger charge is -2.00. The molecule has 0 fully saturated rings. The number of rotatable bonds is 4. The molecule has 0 aliphatic rings. The van der Waals surface area contributed by atoms with Gasteiger partial charge in [0.05, 0.1) is 0 Å². The van der Waals surface area contributed by atoms with Crippen LogP contribution in [0.2, 0.25) is 0 Å². The number of benzene rings is 1. The highest BCUT2D eigenvalue weighted by Gasteiger charge is 1.91. The second-order valence-electron chi connectivity index (χ2n) is 2.54. The van der Waals surface area contributed by atoms with E-state index in [1.807, 2.05) is 19.2 Å². The van der Waals surface area contributed by atoms with E-state index in [9.17, 15) is 0 Å². The molecule has 0 saturated carbocycles. The summed E-state index contributed by atoms with van der Waals surface area (Å²) in [6.07, 6.45) is 1.09. The second-order valence-corrected chi connectivity index (χ2v) is 3.65. The first kappa shape index (κ1) is 9.42. The first-order valence-corrected chi connectivity index (χ1v) is 4.94. The highest BCUT2D eigenvalue weighted by atomic mass is 32.2. The van der Waals surface area contributed by atoms with Crippen molar-refractivity contribution in [2.45, 2.75) is 6.42 Å². The van der Waals surface area contributed by atoms with Crippen LogP contribution in [0.3, 0.4) is 0 Å². The number of anilines is 1. The number of aryl methyl sites for hydroxylation is 1. The topological polar surface area (TPSA) is 38.0 Å². The van der Waals surface area contributed by atoms with Gasteiger partial charge in [0, 0.05) is 11.4 Å². The molecule has 2 nitrogen and oxygen atoms in total. The largest absolute Gasteiger partial charge is 0.399 e. The minimum atomic E-state index is 0.833. The summed E-state index contributed by atoms with van der Waals surface area (Å²) in [5.74, 6) is 1.10. The lowest BCUT2D eigenvalue weighted by atomic mass is 10.2. The van der Waals surface area contributed by atoms with Gasteiger partial charge in [0.1, 0.15) is 0 Å². The predicted octanol–water partition coefficient (Wildman–Crippen LogP) is 1.68. The Morgan fingerprint density at radius 2 is 2.00 bits per heavy atom. The summed E-state index contributed by atoms with van der Waals surface area (Å²) >= 11 is 1.73. The van der Waals surface area contributed by atoms with Crippen molar-refractivity contribution in [1.82, 2.24) is 4.72 Å². The molecule has 0 spiro atoms. The Morgan fingerprint density at radius 1 is 1.33 bits per heavy atom. The molecule has 3 N–H and O–H groups in total. The van der Waals surface area contributed by atoms with Gasteiger partial charge in [-0.3, -0.25) is 4.72 Å². The Balaban J connectivity index is 2.37. The van der Waals surface area contributed by atoms with E-state index in [4.69, 9.17) is 5.73 Å². The molecule has 1 rings (SSSR count). The van der Waals surface area contributed by atoms with Crippen LogP contribution in [0.4, 0.5) is 5.69 Å². The van der Waals surface area contributed by atoms with Crippen LogP contribution >= 0.6 is 11.9 Å². The molecule has 0 amide bonds. The standard InChI is InChI=1S/C9H14N2S/c1-11-12-7-6-8-2-4-9(10)5-3-8/h2-5,11H,6-7,10H2,1H3. The number of hydrogen-bond acceptors (Lipinski definition) is 3. The van der Waals surface area contributed by atoms with Gasteiger partial charge in [-0.25, -0.2) is 0 Å². The minimum absolute atomic E-state index is 0.833. The lowest BCUT2D eigenvalue weighted by Crippen LogP contribution is -1.97. The van der Waals surface area contributed by atoms with E-state index in [0.29, 0.717) is 0 Å². The number of hydrogen-bond donors (Lipinski definition) is 2. The molecule has 0 unspecified atom stereocenters. The summed E-state index contributed by atoms with van der Waals surface area (Å²) in [5, 5.41) is 0. The van der Waals surface area contributed by atoms with E-state index in [1.54, 1.807) is 11.9 Å². The second kappa shape index (κ2) is 5.06. The smallest absolute Gasteiger partial charge is 0.0314 e. The van der Waals surface area contributed by atoms with Gasteiger partial charge in [-0.05, 0) is 31.2 Å². The maximum Gasteiger partial charge on any atom is 0.0314 e. The molecule has 0 aliphatic heterocycles. The molecule has 0 heterocycles. The fourth-order valence-electron chi connectivity index (χ4n) is 0.955. The SMILES string of the molecule is CNSCCc1ccc(N)cc1. The summed E-state index contributed by atoms with van der Waals surface area (Å²) in [7, 11) is 1.94. The maximum atomic E-state index is 5.56. The van der Waals surface area contributed by atoms with E-state index < -0.39 is 0 Å². The molecule has 66 valence electrons. The fraction of sp³-hybridized carbons (Fsp3) is 0.333. The zero-order valence-electron chi connectivity index (χ0n) is 7.21. The summed E-state index contributed by atoms with van der Waals surface area (Å²) in [4.78, 5) is 0. The quantitative estimate of drug-likeness (QED) is 0.423. The fourth-order valence-corrected chi connectivity index (χ4v) is 1.50. The third-order valence-electron chi connectivity index (χ3n) is 1.62. The van der Waals surface area contributed by atoms with E-state index in [0.717, 1.165) is 17.9 Å². The van der Waals surface area contributed by atoms with Crippen molar-refractivity contribution < 1.29 is 0 Å². The van der Waals surface area contributed by atoms with E-state index in [-0.39, 0.29) is 0 Å². The Bertz CT molecular complexity index is 220. The summed E-state index contributed by atoms with van der Waals surface area (Å²) in [6, 6.07) is 8.04.